The van der Waals surface area contributed by atoms with Crippen LogP contribution in [0.25, 0.3) is 0 Å². The first-order valence-electron chi connectivity index (χ1n) is 5.47. The van der Waals surface area contributed by atoms with Gasteiger partial charge in [0.05, 0.1) is 11.4 Å². The average Bonchev–Trinajstić information content (AvgIpc) is 2.38. The van der Waals surface area contributed by atoms with Gasteiger partial charge in [0.15, 0.2) is 0 Å². The number of nitrogen functional groups attached to an aromatic ring is 1. The lowest BCUT2D eigenvalue weighted by molar-refractivity contribution is 0.594. The molecule has 0 aliphatic carbocycles. The van der Waals surface area contributed by atoms with E-state index in [4.69, 9.17) is 5.73 Å². The molecule has 0 radical (unpaired) electrons. The SMILES string of the molecule is CN(c1ccc(Br)cc1N)S(=O)(=O)c1cncc(Br)c1. The molecule has 0 bridgehead atoms. The Morgan fingerprint density at radius 2 is 1.85 bits per heavy atom. The second kappa shape index (κ2) is 5.71. The van der Waals surface area contributed by atoms with Crippen molar-refractivity contribution in [2.45, 2.75) is 4.90 Å². The Hall–Kier alpha value is -1.12. The lowest BCUT2D eigenvalue weighted by atomic mass is 10.3. The minimum atomic E-state index is -3.70. The summed E-state index contributed by atoms with van der Waals surface area (Å²) in [4.78, 5) is 3.97. The summed E-state index contributed by atoms with van der Waals surface area (Å²) in [7, 11) is -2.25. The summed E-state index contributed by atoms with van der Waals surface area (Å²) in [5.74, 6) is 0. The normalized spacial score (nSPS) is 11.3. The number of halogens is 2. The number of pyridine rings is 1. The predicted octanol–water partition coefficient (Wildman–Crippen LogP) is 3.01. The standard InChI is InChI=1S/C12H11Br2N3O2S/c1-17(12-3-2-8(13)5-11(12)15)20(18,19)10-4-9(14)6-16-7-10/h2-7H,15H2,1H3. The Morgan fingerprint density at radius 3 is 2.45 bits per heavy atom. The molecule has 0 saturated carbocycles. The third-order valence-corrected chi connectivity index (χ3v) is 5.33. The second-order valence-electron chi connectivity index (χ2n) is 4.01. The third-order valence-electron chi connectivity index (χ3n) is 2.67. The minimum Gasteiger partial charge on any atom is -0.397 e. The fraction of sp³-hybridized carbons (Fsp3) is 0.0833. The highest BCUT2D eigenvalue weighted by Crippen LogP contribution is 2.30. The molecule has 1 heterocycles. The number of hydrogen-bond donors (Lipinski definition) is 1. The quantitative estimate of drug-likeness (QED) is 0.774. The van der Waals surface area contributed by atoms with Crippen LogP contribution in [0.15, 0.2) is 50.5 Å². The number of rotatable bonds is 3. The summed E-state index contributed by atoms with van der Waals surface area (Å²) < 4.78 is 27.6. The maximum absolute atomic E-state index is 12.5. The molecule has 0 amide bonds. The summed E-state index contributed by atoms with van der Waals surface area (Å²) in [6, 6.07) is 6.52. The molecule has 0 unspecified atom stereocenters. The van der Waals surface area contributed by atoms with Crippen LogP contribution in [-0.4, -0.2) is 20.4 Å². The maximum Gasteiger partial charge on any atom is 0.265 e. The summed E-state index contributed by atoms with van der Waals surface area (Å²) >= 11 is 6.49. The van der Waals surface area contributed by atoms with Crippen LogP contribution in [0, 0.1) is 0 Å². The molecule has 0 aliphatic heterocycles. The molecule has 1 aromatic heterocycles. The van der Waals surface area contributed by atoms with Gasteiger partial charge in [-0.1, -0.05) is 15.9 Å². The molecule has 0 aliphatic rings. The highest BCUT2D eigenvalue weighted by atomic mass is 79.9. The molecule has 0 atom stereocenters. The van der Waals surface area contributed by atoms with Crippen molar-refractivity contribution in [2.24, 2.45) is 0 Å². The van der Waals surface area contributed by atoms with Crippen molar-refractivity contribution in [1.29, 1.82) is 0 Å². The summed E-state index contributed by atoms with van der Waals surface area (Å²) in [5, 5.41) is 0. The van der Waals surface area contributed by atoms with Gasteiger partial charge in [0, 0.05) is 28.4 Å². The van der Waals surface area contributed by atoms with Gasteiger partial charge < -0.3 is 5.73 Å². The number of nitrogens with two attached hydrogens (primary N) is 1. The zero-order chi connectivity index (χ0) is 14.9. The second-order valence-corrected chi connectivity index (χ2v) is 7.82. The van der Waals surface area contributed by atoms with Crippen molar-refractivity contribution >= 4 is 53.3 Å². The van der Waals surface area contributed by atoms with E-state index in [9.17, 15) is 8.42 Å². The van der Waals surface area contributed by atoms with Crippen molar-refractivity contribution < 1.29 is 8.42 Å². The molecular formula is C12H11Br2N3O2S. The van der Waals surface area contributed by atoms with Crippen molar-refractivity contribution in [3.05, 3.63) is 45.6 Å². The fourth-order valence-corrected chi connectivity index (χ4v) is 3.74. The topological polar surface area (TPSA) is 76.3 Å². The van der Waals surface area contributed by atoms with Gasteiger partial charge in [-0.25, -0.2) is 8.42 Å². The van der Waals surface area contributed by atoms with Gasteiger partial charge in [-0.2, -0.15) is 0 Å². The van der Waals surface area contributed by atoms with E-state index in [1.807, 2.05) is 0 Å². The smallest absolute Gasteiger partial charge is 0.265 e. The highest BCUT2D eigenvalue weighted by molar-refractivity contribution is 9.10. The zero-order valence-corrected chi connectivity index (χ0v) is 14.4. The highest BCUT2D eigenvalue weighted by Gasteiger charge is 2.23. The Kier molecular flexibility index (Phi) is 4.36. The van der Waals surface area contributed by atoms with E-state index in [0.29, 0.717) is 15.8 Å². The van der Waals surface area contributed by atoms with Crippen LogP contribution in [-0.2, 0) is 10.0 Å². The van der Waals surface area contributed by atoms with Crippen LogP contribution in [0.5, 0.6) is 0 Å². The molecule has 2 N–H and O–H groups in total. The van der Waals surface area contributed by atoms with Crippen LogP contribution in [0.4, 0.5) is 11.4 Å². The van der Waals surface area contributed by atoms with Gasteiger partial charge in [-0.3, -0.25) is 9.29 Å². The molecule has 106 valence electrons. The van der Waals surface area contributed by atoms with E-state index in [1.165, 1.54) is 25.5 Å². The molecule has 0 fully saturated rings. The number of anilines is 2. The largest absolute Gasteiger partial charge is 0.397 e. The molecular weight excluding hydrogens is 410 g/mol. The number of nitrogens with zero attached hydrogens (tertiary/aromatic N) is 2. The van der Waals surface area contributed by atoms with Crippen LogP contribution in [0.3, 0.4) is 0 Å². The fourth-order valence-electron chi connectivity index (χ4n) is 1.63. The number of hydrogen-bond acceptors (Lipinski definition) is 4. The van der Waals surface area contributed by atoms with Crippen molar-refractivity contribution in [2.75, 3.05) is 17.1 Å². The molecule has 5 nitrogen and oxygen atoms in total. The van der Waals surface area contributed by atoms with Crippen LogP contribution < -0.4 is 10.0 Å². The monoisotopic (exact) mass is 419 g/mol. The average molecular weight is 421 g/mol. The number of sulfonamides is 1. The molecule has 0 saturated heterocycles. The molecule has 0 spiro atoms. The van der Waals surface area contributed by atoms with Crippen molar-refractivity contribution in [1.82, 2.24) is 4.98 Å². The molecule has 20 heavy (non-hydrogen) atoms. The van der Waals surface area contributed by atoms with E-state index < -0.39 is 10.0 Å². The van der Waals surface area contributed by atoms with Gasteiger partial charge in [0.2, 0.25) is 0 Å². The third kappa shape index (κ3) is 2.97. The predicted molar refractivity (Wildman–Crippen MR) is 86.1 cm³/mol. The van der Waals surface area contributed by atoms with Gasteiger partial charge in [0.25, 0.3) is 10.0 Å². The summed E-state index contributed by atoms with van der Waals surface area (Å²) in [6.07, 6.45) is 2.82. The first kappa shape index (κ1) is 15.3. The Labute approximate surface area is 134 Å². The molecule has 2 aromatic rings. The van der Waals surface area contributed by atoms with Crippen molar-refractivity contribution in [3.63, 3.8) is 0 Å². The molecule has 1 aromatic carbocycles. The summed E-state index contributed by atoms with van der Waals surface area (Å²) in [6.45, 7) is 0. The van der Waals surface area contributed by atoms with Crippen LogP contribution in [0.2, 0.25) is 0 Å². The van der Waals surface area contributed by atoms with Crippen molar-refractivity contribution in [3.8, 4) is 0 Å². The molecule has 8 heteroatoms. The number of benzene rings is 1. The summed E-state index contributed by atoms with van der Waals surface area (Å²) in [5.41, 5.74) is 6.65. The van der Waals surface area contributed by atoms with Crippen LogP contribution >= 0.6 is 31.9 Å². The lowest BCUT2D eigenvalue weighted by Crippen LogP contribution is -2.27. The zero-order valence-electron chi connectivity index (χ0n) is 10.4. The van der Waals surface area contributed by atoms with E-state index >= 15 is 0 Å². The van der Waals surface area contributed by atoms with Gasteiger partial charge in [-0.15, -0.1) is 0 Å². The Morgan fingerprint density at radius 1 is 1.15 bits per heavy atom. The Bertz CT molecular complexity index is 750. The minimum absolute atomic E-state index is 0.0942. The first-order chi connectivity index (χ1) is 9.32. The van der Waals surface area contributed by atoms with E-state index in [-0.39, 0.29) is 4.90 Å². The first-order valence-corrected chi connectivity index (χ1v) is 8.49. The van der Waals surface area contributed by atoms with Gasteiger partial charge in [-0.05, 0) is 40.2 Å². The Balaban J connectivity index is 2.49. The van der Waals surface area contributed by atoms with E-state index in [2.05, 4.69) is 36.8 Å². The maximum atomic E-state index is 12.5. The lowest BCUT2D eigenvalue weighted by Gasteiger charge is -2.21. The van der Waals surface area contributed by atoms with Gasteiger partial charge in [0.1, 0.15) is 4.90 Å². The van der Waals surface area contributed by atoms with E-state index in [0.717, 1.165) is 8.78 Å². The number of aromatic nitrogens is 1. The van der Waals surface area contributed by atoms with Gasteiger partial charge >= 0.3 is 0 Å². The molecule has 2 rings (SSSR count). The van der Waals surface area contributed by atoms with Crippen LogP contribution in [0.1, 0.15) is 0 Å². The van der Waals surface area contributed by atoms with E-state index in [1.54, 1.807) is 18.2 Å².